The normalized spacial score (nSPS) is 10.8. The number of anilines is 1. The molecule has 1 amide bonds. The number of nitrogens with zero attached hydrogens (tertiary/aromatic N) is 1. The molecule has 0 spiro atoms. The SMILES string of the molecule is COc1ccc(/C=C/C(=O)Nc2ncc(Cc3ccccc3Cl)s2)cc1. The third-order valence-electron chi connectivity index (χ3n) is 3.65. The molecular formula is C20H17ClN2O2S. The average molecular weight is 385 g/mol. The highest BCUT2D eigenvalue weighted by Crippen LogP contribution is 2.24. The lowest BCUT2D eigenvalue weighted by Crippen LogP contribution is -2.07. The number of ether oxygens (including phenoxy) is 1. The molecule has 0 aliphatic carbocycles. The fourth-order valence-electron chi connectivity index (χ4n) is 2.31. The maximum atomic E-state index is 12.1. The third-order valence-corrected chi connectivity index (χ3v) is 4.93. The molecule has 1 N–H and O–H groups in total. The minimum Gasteiger partial charge on any atom is -0.497 e. The number of halogens is 1. The van der Waals surface area contributed by atoms with Gasteiger partial charge in [-0.3, -0.25) is 10.1 Å². The zero-order valence-electron chi connectivity index (χ0n) is 14.1. The molecule has 4 nitrogen and oxygen atoms in total. The van der Waals surface area contributed by atoms with Crippen molar-refractivity contribution < 1.29 is 9.53 Å². The zero-order valence-corrected chi connectivity index (χ0v) is 15.7. The Hall–Kier alpha value is -2.63. The molecule has 3 rings (SSSR count). The first kappa shape index (κ1) is 18.2. The molecule has 0 radical (unpaired) electrons. The Morgan fingerprint density at radius 1 is 1.23 bits per heavy atom. The molecule has 26 heavy (non-hydrogen) atoms. The lowest BCUT2D eigenvalue weighted by molar-refractivity contribution is -0.111. The van der Waals surface area contributed by atoms with Gasteiger partial charge in [-0.2, -0.15) is 0 Å². The van der Waals surface area contributed by atoms with Gasteiger partial charge in [-0.05, 0) is 35.4 Å². The van der Waals surface area contributed by atoms with Gasteiger partial charge in [0.05, 0.1) is 7.11 Å². The van der Waals surface area contributed by atoms with E-state index in [0.29, 0.717) is 11.6 Å². The van der Waals surface area contributed by atoms with E-state index in [4.69, 9.17) is 16.3 Å². The summed E-state index contributed by atoms with van der Waals surface area (Å²) in [5.41, 5.74) is 1.95. The number of rotatable bonds is 6. The predicted octanol–water partition coefficient (Wildman–Crippen LogP) is 5.05. The van der Waals surface area contributed by atoms with Gasteiger partial charge in [0, 0.05) is 28.6 Å². The Morgan fingerprint density at radius 2 is 2.00 bits per heavy atom. The van der Waals surface area contributed by atoms with E-state index in [1.54, 1.807) is 19.4 Å². The van der Waals surface area contributed by atoms with Crippen molar-refractivity contribution in [3.8, 4) is 5.75 Å². The van der Waals surface area contributed by atoms with Crippen molar-refractivity contribution in [3.63, 3.8) is 0 Å². The monoisotopic (exact) mass is 384 g/mol. The van der Waals surface area contributed by atoms with E-state index >= 15 is 0 Å². The molecule has 1 heterocycles. The van der Waals surface area contributed by atoms with Crippen molar-refractivity contribution in [3.05, 3.63) is 81.8 Å². The third kappa shape index (κ3) is 4.94. The van der Waals surface area contributed by atoms with Gasteiger partial charge in [0.25, 0.3) is 0 Å². The van der Waals surface area contributed by atoms with Crippen LogP contribution in [-0.4, -0.2) is 18.0 Å². The maximum Gasteiger partial charge on any atom is 0.250 e. The lowest BCUT2D eigenvalue weighted by atomic mass is 10.1. The van der Waals surface area contributed by atoms with Gasteiger partial charge in [0.2, 0.25) is 5.91 Å². The van der Waals surface area contributed by atoms with Crippen LogP contribution in [0.25, 0.3) is 6.08 Å². The fraction of sp³-hybridized carbons (Fsp3) is 0.100. The van der Waals surface area contributed by atoms with Gasteiger partial charge >= 0.3 is 0 Å². The van der Waals surface area contributed by atoms with Gasteiger partial charge in [0.1, 0.15) is 5.75 Å². The highest BCUT2D eigenvalue weighted by atomic mass is 35.5. The maximum absolute atomic E-state index is 12.1. The van der Waals surface area contributed by atoms with Crippen LogP contribution in [-0.2, 0) is 11.2 Å². The molecule has 0 saturated carbocycles. The summed E-state index contributed by atoms with van der Waals surface area (Å²) in [6.07, 6.45) is 5.68. The summed E-state index contributed by atoms with van der Waals surface area (Å²) in [6, 6.07) is 15.2. The number of hydrogen-bond donors (Lipinski definition) is 1. The van der Waals surface area contributed by atoms with Crippen LogP contribution in [0.2, 0.25) is 5.02 Å². The molecule has 0 unspecified atom stereocenters. The fourth-order valence-corrected chi connectivity index (χ4v) is 3.35. The molecule has 132 valence electrons. The van der Waals surface area contributed by atoms with Gasteiger partial charge in [0.15, 0.2) is 5.13 Å². The van der Waals surface area contributed by atoms with E-state index in [0.717, 1.165) is 26.8 Å². The molecule has 0 atom stereocenters. The second-order valence-corrected chi connectivity index (χ2v) is 7.02. The largest absolute Gasteiger partial charge is 0.497 e. The predicted molar refractivity (Wildman–Crippen MR) is 107 cm³/mol. The summed E-state index contributed by atoms with van der Waals surface area (Å²) in [5, 5.41) is 4.08. The number of hydrogen-bond acceptors (Lipinski definition) is 4. The second-order valence-electron chi connectivity index (χ2n) is 5.50. The van der Waals surface area contributed by atoms with Gasteiger partial charge in [-0.1, -0.05) is 41.9 Å². The van der Waals surface area contributed by atoms with Crippen molar-refractivity contribution in [2.45, 2.75) is 6.42 Å². The number of aromatic nitrogens is 1. The van der Waals surface area contributed by atoms with E-state index in [1.165, 1.54) is 17.4 Å². The van der Waals surface area contributed by atoms with Crippen LogP contribution >= 0.6 is 22.9 Å². The molecule has 3 aromatic rings. The molecule has 2 aromatic carbocycles. The summed E-state index contributed by atoms with van der Waals surface area (Å²) in [6.45, 7) is 0. The molecule has 0 saturated heterocycles. The number of benzene rings is 2. The van der Waals surface area contributed by atoms with E-state index in [-0.39, 0.29) is 5.91 Å². The Kier molecular flexibility index (Phi) is 6.04. The van der Waals surface area contributed by atoms with Crippen LogP contribution in [0.3, 0.4) is 0 Å². The molecule has 1 aromatic heterocycles. The molecule has 0 fully saturated rings. The van der Waals surface area contributed by atoms with Gasteiger partial charge in [-0.25, -0.2) is 4.98 Å². The van der Waals surface area contributed by atoms with Crippen LogP contribution in [0.5, 0.6) is 5.75 Å². The Morgan fingerprint density at radius 3 is 2.73 bits per heavy atom. The summed E-state index contributed by atoms with van der Waals surface area (Å²) in [5.74, 6) is 0.555. The van der Waals surface area contributed by atoms with Crippen LogP contribution in [0.15, 0.2) is 60.8 Å². The minimum absolute atomic E-state index is 0.223. The van der Waals surface area contributed by atoms with Crippen LogP contribution in [0.4, 0.5) is 5.13 Å². The number of nitrogens with one attached hydrogen (secondary N) is 1. The molecule has 0 aliphatic rings. The van der Waals surface area contributed by atoms with Crippen molar-refractivity contribution >= 4 is 40.1 Å². The highest BCUT2D eigenvalue weighted by molar-refractivity contribution is 7.15. The van der Waals surface area contributed by atoms with Crippen LogP contribution in [0.1, 0.15) is 16.0 Å². The minimum atomic E-state index is -0.223. The lowest BCUT2D eigenvalue weighted by Gasteiger charge is -2.00. The van der Waals surface area contributed by atoms with Crippen molar-refractivity contribution in [2.24, 2.45) is 0 Å². The van der Waals surface area contributed by atoms with Crippen molar-refractivity contribution in [2.75, 3.05) is 12.4 Å². The first-order valence-corrected chi connectivity index (χ1v) is 9.15. The summed E-state index contributed by atoms with van der Waals surface area (Å²) >= 11 is 7.62. The number of carbonyl (C=O) groups excluding carboxylic acids is 1. The molecule has 6 heteroatoms. The number of thiazole rings is 1. The Bertz CT molecular complexity index is 920. The topological polar surface area (TPSA) is 51.2 Å². The standard InChI is InChI=1S/C20H17ClN2O2S/c1-25-16-9-6-14(7-10-16)8-11-19(24)23-20-22-13-17(26-20)12-15-4-2-3-5-18(15)21/h2-11,13H,12H2,1H3,(H,22,23,24)/b11-8+. The Labute approximate surface area is 161 Å². The Balaban J connectivity index is 1.58. The molecular weight excluding hydrogens is 368 g/mol. The van der Waals surface area contributed by atoms with E-state index < -0.39 is 0 Å². The average Bonchev–Trinajstić information content (AvgIpc) is 3.09. The zero-order chi connectivity index (χ0) is 18.4. The van der Waals surface area contributed by atoms with E-state index in [1.807, 2.05) is 48.5 Å². The number of amides is 1. The van der Waals surface area contributed by atoms with Gasteiger partial charge in [-0.15, -0.1) is 11.3 Å². The van der Waals surface area contributed by atoms with Crippen molar-refractivity contribution in [1.82, 2.24) is 4.98 Å². The number of carbonyl (C=O) groups is 1. The summed E-state index contributed by atoms with van der Waals surface area (Å²) in [7, 11) is 1.62. The first-order valence-electron chi connectivity index (χ1n) is 7.95. The summed E-state index contributed by atoms with van der Waals surface area (Å²) in [4.78, 5) is 17.3. The van der Waals surface area contributed by atoms with Gasteiger partial charge < -0.3 is 4.74 Å². The second kappa shape index (κ2) is 8.65. The van der Waals surface area contributed by atoms with E-state index in [9.17, 15) is 4.79 Å². The summed E-state index contributed by atoms with van der Waals surface area (Å²) < 4.78 is 5.11. The molecule has 0 bridgehead atoms. The first-order chi connectivity index (χ1) is 12.6. The quantitative estimate of drug-likeness (QED) is 0.605. The molecule has 0 aliphatic heterocycles. The highest BCUT2D eigenvalue weighted by Gasteiger charge is 2.07. The van der Waals surface area contributed by atoms with Crippen LogP contribution < -0.4 is 10.1 Å². The van der Waals surface area contributed by atoms with Crippen molar-refractivity contribution in [1.29, 1.82) is 0 Å². The number of methoxy groups -OCH3 is 1. The smallest absolute Gasteiger partial charge is 0.250 e. The van der Waals surface area contributed by atoms with E-state index in [2.05, 4.69) is 10.3 Å². The van der Waals surface area contributed by atoms with Crippen LogP contribution in [0, 0.1) is 0 Å².